The first-order valence-electron chi connectivity index (χ1n) is 6.17. The van der Waals surface area contributed by atoms with E-state index in [0.29, 0.717) is 6.54 Å². The van der Waals surface area contributed by atoms with E-state index in [4.69, 9.17) is 5.11 Å². The number of carbonyl (C=O) groups is 1. The van der Waals surface area contributed by atoms with Crippen molar-refractivity contribution in [2.24, 2.45) is 0 Å². The van der Waals surface area contributed by atoms with E-state index in [9.17, 15) is 4.79 Å². The number of benzene rings is 1. The first kappa shape index (κ1) is 14.5. The maximum Gasteiger partial charge on any atom is 0.305 e. The Morgan fingerprint density at radius 3 is 2.22 bits per heavy atom. The molecule has 0 unspecified atom stereocenters. The summed E-state index contributed by atoms with van der Waals surface area (Å²) in [7, 11) is 4.04. The molecule has 0 heterocycles. The van der Waals surface area contributed by atoms with Crippen molar-refractivity contribution in [3.8, 4) is 0 Å². The van der Waals surface area contributed by atoms with Crippen LogP contribution in [0.15, 0.2) is 24.3 Å². The van der Waals surface area contributed by atoms with Crippen molar-refractivity contribution in [3.63, 3.8) is 0 Å². The predicted octanol–water partition coefficient (Wildman–Crippen LogP) is 1.84. The van der Waals surface area contributed by atoms with Crippen LogP contribution in [0.1, 0.15) is 12.0 Å². The predicted molar refractivity (Wildman–Crippen MR) is 74.2 cm³/mol. The topological polar surface area (TPSA) is 43.8 Å². The van der Waals surface area contributed by atoms with E-state index in [-0.39, 0.29) is 6.42 Å². The highest BCUT2D eigenvalue weighted by Gasteiger charge is 2.08. The van der Waals surface area contributed by atoms with E-state index < -0.39 is 5.97 Å². The summed E-state index contributed by atoms with van der Waals surface area (Å²) in [6.45, 7) is 4.34. The van der Waals surface area contributed by atoms with Crippen LogP contribution in [0.4, 0.5) is 5.69 Å². The molecule has 0 fully saturated rings. The van der Waals surface area contributed by atoms with Gasteiger partial charge in [-0.1, -0.05) is 17.7 Å². The molecular weight excluding hydrogens is 228 g/mol. The summed E-state index contributed by atoms with van der Waals surface area (Å²) in [6, 6.07) is 8.21. The summed E-state index contributed by atoms with van der Waals surface area (Å²) in [5.74, 6) is -0.753. The van der Waals surface area contributed by atoms with Gasteiger partial charge in [-0.2, -0.15) is 0 Å². The molecule has 18 heavy (non-hydrogen) atoms. The minimum absolute atomic E-state index is 0.168. The van der Waals surface area contributed by atoms with Crippen LogP contribution >= 0.6 is 0 Å². The largest absolute Gasteiger partial charge is 0.481 e. The van der Waals surface area contributed by atoms with Crippen LogP contribution in [0.2, 0.25) is 0 Å². The Bertz CT molecular complexity index is 374. The van der Waals surface area contributed by atoms with Crippen molar-refractivity contribution < 1.29 is 9.90 Å². The monoisotopic (exact) mass is 250 g/mol. The highest BCUT2D eigenvalue weighted by atomic mass is 16.4. The van der Waals surface area contributed by atoms with Crippen LogP contribution in [0.3, 0.4) is 0 Å². The van der Waals surface area contributed by atoms with E-state index in [1.54, 1.807) is 0 Å². The van der Waals surface area contributed by atoms with Crippen molar-refractivity contribution in [2.75, 3.05) is 38.6 Å². The lowest BCUT2D eigenvalue weighted by Gasteiger charge is -2.26. The number of likely N-dealkylation sites (N-methyl/N-ethyl adjacent to an activating group) is 1. The Morgan fingerprint density at radius 2 is 1.72 bits per heavy atom. The smallest absolute Gasteiger partial charge is 0.305 e. The van der Waals surface area contributed by atoms with Gasteiger partial charge in [-0.3, -0.25) is 4.79 Å². The van der Waals surface area contributed by atoms with Gasteiger partial charge in [0.2, 0.25) is 0 Å². The number of hydrogen-bond donors (Lipinski definition) is 1. The number of rotatable bonds is 7. The van der Waals surface area contributed by atoms with Gasteiger partial charge in [0.05, 0.1) is 6.42 Å². The summed E-state index contributed by atoms with van der Waals surface area (Å²) in [4.78, 5) is 14.9. The summed E-state index contributed by atoms with van der Waals surface area (Å²) >= 11 is 0. The quantitative estimate of drug-likeness (QED) is 0.802. The molecule has 0 amide bonds. The third kappa shape index (κ3) is 5.19. The second-order valence-corrected chi connectivity index (χ2v) is 4.77. The molecule has 1 rings (SSSR count). The van der Waals surface area contributed by atoms with E-state index in [2.05, 4.69) is 21.9 Å². The molecule has 0 radical (unpaired) electrons. The lowest BCUT2D eigenvalue weighted by atomic mass is 10.2. The fourth-order valence-corrected chi connectivity index (χ4v) is 1.68. The van der Waals surface area contributed by atoms with Gasteiger partial charge in [0.25, 0.3) is 0 Å². The lowest BCUT2D eigenvalue weighted by Crippen LogP contribution is -2.33. The molecule has 100 valence electrons. The summed E-state index contributed by atoms with van der Waals surface area (Å²) in [5, 5.41) is 8.79. The van der Waals surface area contributed by atoms with Gasteiger partial charge in [0.15, 0.2) is 0 Å². The van der Waals surface area contributed by atoms with E-state index >= 15 is 0 Å². The molecule has 0 spiro atoms. The molecule has 0 saturated carbocycles. The normalized spacial score (nSPS) is 10.7. The lowest BCUT2D eigenvalue weighted by molar-refractivity contribution is -0.136. The zero-order chi connectivity index (χ0) is 13.5. The number of aryl methyl sites for hydroxylation is 1. The second-order valence-electron chi connectivity index (χ2n) is 4.77. The highest BCUT2D eigenvalue weighted by molar-refractivity contribution is 5.67. The number of hydrogen-bond acceptors (Lipinski definition) is 3. The average molecular weight is 250 g/mol. The van der Waals surface area contributed by atoms with E-state index in [1.165, 1.54) is 5.56 Å². The second kappa shape index (κ2) is 7.01. The fourth-order valence-electron chi connectivity index (χ4n) is 1.68. The molecule has 0 atom stereocenters. The molecule has 0 bridgehead atoms. The van der Waals surface area contributed by atoms with Gasteiger partial charge in [-0.25, -0.2) is 0 Å². The molecule has 0 aliphatic carbocycles. The minimum Gasteiger partial charge on any atom is -0.481 e. The standard InChI is InChI=1S/C14H22N2O2/c1-12-4-6-13(7-5-12)16(9-8-14(17)18)11-10-15(2)3/h4-7H,8-11H2,1-3H3,(H,17,18). The SMILES string of the molecule is Cc1ccc(N(CCC(=O)O)CCN(C)C)cc1. The fraction of sp³-hybridized carbons (Fsp3) is 0.500. The van der Waals surface area contributed by atoms with Gasteiger partial charge >= 0.3 is 5.97 Å². The van der Waals surface area contributed by atoms with Crippen LogP contribution < -0.4 is 4.90 Å². The number of aliphatic carboxylic acids is 1. The number of carboxylic acid groups (broad SMARTS) is 1. The summed E-state index contributed by atoms with van der Waals surface area (Å²) in [5.41, 5.74) is 2.30. The van der Waals surface area contributed by atoms with Crippen molar-refractivity contribution in [2.45, 2.75) is 13.3 Å². The third-order valence-corrected chi connectivity index (χ3v) is 2.81. The summed E-state index contributed by atoms with van der Waals surface area (Å²) < 4.78 is 0. The van der Waals surface area contributed by atoms with Crippen molar-refractivity contribution >= 4 is 11.7 Å². The molecule has 1 aromatic rings. The molecule has 4 nitrogen and oxygen atoms in total. The van der Waals surface area contributed by atoms with Crippen LogP contribution in [0, 0.1) is 6.92 Å². The van der Waals surface area contributed by atoms with Crippen molar-refractivity contribution in [1.29, 1.82) is 0 Å². The number of carboxylic acids is 1. The Balaban J connectivity index is 2.68. The van der Waals surface area contributed by atoms with Gasteiger partial charge in [-0.05, 0) is 33.2 Å². The molecule has 1 aromatic carbocycles. The maximum atomic E-state index is 10.7. The van der Waals surface area contributed by atoms with E-state index in [0.717, 1.165) is 18.8 Å². The first-order valence-corrected chi connectivity index (χ1v) is 6.17. The molecule has 0 aromatic heterocycles. The first-order chi connectivity index (χ1) is 8.49. The molecule has 4 heteroatoms. The average Bonchev–Trinajstić information content (AvgIpc) is 2.30. The van der Waals surface area contributed by atoms with Crippen LogP contribution in [0.5, 0.6) is 0 Å². The number of anilines is 1. The van der Waals surface area contributed by atoms with Gasteiger partial charge in [0.1, 0.15) is 0 Å². The number of nitrogens with zero attached hydrogens (tertiary/aromatic N) is 2. The Hall–Kier alpha value is -1.55. The molecule has 0 aliphatic heterocycles. The van der Waals surface area contributed by atoms with Gasteiger partial charge in [-0.15, -0.1) is 0 Å². The Kier molecular flexibility index (Phi) is 5.65. The van der Waals surface area contributed by atoms with Crippen molar-refractivity contribution in [1.82, 2.24) is 4.90 Å². The zero-order valence-corrected chi connectivity index (χ0v) is 11.4. The molecule has 1 N–H and O–H groups in total. The highest BCUT2D eigenvalue weighted by Crippen LogP contribution is 2.15. The maximum absolute atomic E-state index is 10.7. The van der Waals surface area contributed by atoms with E-state index in [1.807, 2.05) is 33.2 Å². The molecular formula is C14H22N2O2. The zero-order valence-electron chi connectivity index (χ0n) is 11.4. The van der Waals surface area contributed by atoms with Gasteiger partial charge in [0, 0.05) is 25.3 Å². The minimum atomic E-state index is -0.753. The van der Waals surface area contributed by atoms with Crippen LogP contribution in [-0.2, 0) is 4.79 Å². The van der Waals surface area contributed by atoms with Gasteiger partial charge < -0.3 is 14.9 Å². The van der Waals surface area contributed by atoms with Crippen LogP contribution in [-0.4, -0.2) is 49.7 Å². The molecule has 0 aliphatic rings. The third-order valence-electron chi connectivity index (χ3n) is 2.81. The molecule has 0 saturated heterocycles. The Labute approximate surface area is 109 Å². The Morgan fingerprint density at radius 1 is 1.11 bits per heavy atom. The summed E-state index contributed by atoms with van der Waals surface area (Å²) in [6.07, 6.45) is 0.168. The van der Waals surface area contributed by atoms with Crippen LogP contribution in [0.25, 0.3) is 0 Å². The van der Waals surface area contributed by atoms with Crippen molar-refractivity contribution in [3.05, 3.63) is 29.8 Å².